The summed E-state index contributed by atoms with van der Waals surface area (Å²) < 4.78 is 1.37. The van der Waals surface area contributed by atoms with Gasteiger partial charge in [-0.1, -0.05) is 0 Å². The van der Waals surface area contributed by atoms with E-state index in [0.29, 0.717) is 11.4 Å². The molecule has 12 heteroatoms. The van der Waals surface area contributed by atoms with Crippen LogP contribution in [0.3, 0.4) is 0 Å². The van der Waals surface area contributed by atoms with Crippen molar-refractivity contribution in [1.29, 1.82) is 0 Å². The average molecular weight is 356 g/mol. The molecule has 0 saturated heterocycles. The number of nitrogens with two attached hydrogens (primary N) is 1. The van der Waals surface area contributed by atoms with E-state index in [0.717, 1.165) is 0 Å². The third-order valence-electron chi connectivity index (χ3n) is 2.96. The number of carbonyl (C=O) groups is 2. The number of aromatic amines is 1. The van der Waals surface area contributed by atoms with Crippen LogP contribution in [0.5, 0.6) is 0 Å². The zero-order valence-electron chi connectivity index (χ0n) is 15.5. The quantitative estimate of drug-likeness (QED) is 0.292. The van der Waals surface area contributed by atoms with Crippen molar-refractivity contribution in [3.05, 3.63) is 36.4 Å². The first-order chi connectivity index (χ1) is 10.5. The standard InChI is InChI=1S/C12H16N6O4.2Na.2H/c13-9(11(19)20)1-8-4-18(6-16-8)17-10(12(21)22)2-7-3-14-5-15-7;;;;/h3-6,9-10,17H,1-2,13H2,(H,14,15)(H,19,20)(H,21,22);;;;/q;2*+1;2*-1/t9-,10-;;;;/m0..../s1. The number of carboxylic acid groups (broad SMARTS) is 2. The molecule has 0 fully saturated rings. The Morgan fingerprint density at radius 2 is 2.04 bits per heavy atom. The molecule has 0 amide bonds. The predicted molar refractivity (Wildman–Crippen MR) is 76.8 cm³/mol. The molecule has 122 valence electrons. The van der Waals surface area contributed by atoms with Crippen LogP contribution in [0.15, 0.2) is 25.0 Å². The summed E-state index contributed by atoms with van der Waals surface area (Å²) in [4.78, 5) is 32.6. The number of rotatable bonds is 8. The van der Waals surface area contributed by atoms with Crippen LogP contribution in [0.25, 0.3) is 0 Å². The molecule has 24 heavy (non-hydrogen) atoms. The first-order valence-corrected chi connectivity index (χ1v) is 6.43. The van der Waals surface area contributed by atoms with Crippen LogP contribution in [0.1, 0.15) is 14.2 Å². The van der Waals surface area contributed by atoms with Crippen molar-refractivity contribution < 1.29 is 81.8 Å². The van der Waals surface area contributed by atoms with Gasteiger partial charge < -0.3 is 29.2 Å². The fraction of sp³-hybridized carbons (Fsp3) is 0.333. The van der Waals surface area contributed by atoms with E-state index < -0.39 is 24.0 Å². The number of aromatic nitrogens is 4. The second-order valence-electron chi connectivity index (χ2n) is 4.72. The summed E-state index contributed by atoms with van der Waals surface area (Å²) >= 11 is 0. The van der Waals surface area contributed by atoms with E-state index in [9.17, 15) is 14.7 Å². The summed E-state index contributed by atoms with van der Waals surface area (Å²) in [5.74, 6) is -2.16. The number of imidazole rings is 2. The first-order valence-electron chi connectivity index (χ1n) is 6.43. The van der Waals surface area contributed by atoms with Gasteiger partial charge in [0.1, 0.15) is 18.4 Å². The van der Waals surface area contributed by atoms with Gasteiger partial charge in [0.15, 0.2) is 0 Å². The first kappa shape index (κ1) is 23.1. The second kappa shape index (κ2) is 10.9. The Hall–Kier alpha value is -0.880. The Morgan fingerprint density at radius 1 is 1.33 bits per heavy atom. The molecule has 0 aliphatic rings. The average Bonchev–Trinajstić information content (AvgIpc) is 3.10. The summed E-state index contributed by atoms with van der Waals surface area (Å²) in [6.45, 7) is 0. The van der Waals surface area contributed by atoms with Crippen molar-refractivity contribution in [1.82, 2.24) is 19.6 Å². The number of nitrogens with zero attached hydrogens (tertiary/aromatic N) is 3. The van der Waals surface area contributed by atoms with Crippen molar-refractivity contribution in [3.63, 3.8) is 0 Å². The monoisotopic (exact) mass is 356 g/mol. The molecule has 2 aromatic rings. The van der Waals surface area contributed by atoms with E-state index in [1.54, 1.807) is 6.20 Å². The van der Waals surface area contributed by atoms with Gasteiger partial charge in [0.25, 0.3) is 0 Å². The maximum atomic E-state index is 11.3. The van der Waals surface area contributed by atoms with Crippen molar-refractivity contribution in [2.75, 3.05) is 5.43 Å². The van der Waals surface area contributed by atoms with Gasteiger partial charge in [0, 0.05) is 30.9 Å². The van der Waals surface area contributed by atoms with Gasteiger partial charge in [-0.2, -0.15) is 0 Å². The zero-order chi connectivity index (χ0) is 16.1. The fourth-order valence-corrected chi connectivity index (χ4v) is 1.84. The molecule has 2 heterocycles. The molecule has 0 unspecified atom stereocenters. The van der Waals surface area contributed by atoms with Crippen molar-refractivity contribution in [2.45, 2.75) is 24.9 Å². The van der Waals surface area contributed by atoms with E-state index in [2.05, 4.69) is 20.4 Å². The summed E-state index contributed by atoms with van der Waals surface area (Å²) in [6, 6.07) is -1.95. The van der Waals surface area contributed by atoms with Crippen LogP contribution in [-0.2, 0) is 22.4 Å². The minimum absolute atomic E-state index is 0. The smallest absolute Gasteiger partial charge is 1.00 e. The molecule has 0 radical (unpaired) electrons. The number of H-pyrrole nitrogens is 1. The Morgan fingerprint density at radius 3 is 2.58 bits per heavy atom. The van der Waals surface area contributed by atoms with Gasteiger partial charge in [-0.3, -0.25) is 9.47 Å². The van der Waals surface area contributed by atoms with Gasteiger partial charge in [-0.25, -0.2) is 14.8 Å². The molecular formula is C12H18N6Na2O4. The van der Waals surface area contributed by atoms with Crippen molar-refractivity contribution in [3.8, 4) is 0 Å². The topological polar surface area (TPSA) is 159 Å². The molecule has 0 bridgehead atoms. The van der Waals surface area contributed by atoms with Gasteiger partial charge in [-0.05, 0) is 0 Å². The molecular weight excluding hydrogens is 338 g/mol. The normalized spacial score (nSPS) is 12.4. The molecule has 0 spiro atoms. The minimum Gasteiger partial charge on any atom is -1.00 e. The van der Waals surface area contributed by atoms with Gasteiger partial charge >= 0.3 is 71.1 Å². The molecule has 10 nitrogen and oxygen atoms in total. The molecule has 0 aliphatic carbocycles. The maximum Gasteiger partial charge on any atom is 1.00 e. The van der Waals surface area contributed by atoms with Crippen LogP contribution in [0, 0.1) is 0 Å². The number of carboxylic acids is 2. The number of aliphatic carboxylic acids is 2. The zero-order valence-corrected chi connectivity index (χ0v) is 17.5. The van der Waals surface area contributed by atoms with Crippen molar-refractivity contribution >= 4 is 11.9 Å². The Bertz CT molecular complexity index is 658. The molecule has 6 N–H and O–H groups in total. The van der Waals surface area contributed by atoms with E-state index in [1.165, 1.54) is 23.5 Å². The van der Waals surface area contributed by atoms with Gasteiger partial charge in [0.05, 0.1) is 12.0 Å². The van der Waals surface area contributed by atoms with Crippen LogP contribution in [0.2, 0.25) is 0 Å². The van der Waals surface area contributed by atoms with Crippen molar-refractivity contribution in [2.24, 2.45) is 5.73 Å². The summed E-state index contributed by atoms with van der Waals surface area (Å²) in [6.07, 6.45) is 6.15. The SMILES string of the molecule is N[C@@H](Cc1cn(N[C@@H](Cc2cnc[nH]2)C(=O)O)cn1)C(=O)O.[H-].[H-].[Na+].[Na+]. The molecule has 2 rings (SSSR count). The van der Waals surface area contributed by atoms with Crippen LogP contribution >= 0.6 is 0 Å². The molecule has 0 aliphatic heterocycles. The Labute approximate surface area is 184 Å². The van der Waals surface area contributed by atoms with E-state index >= 15 is 0 Å². The predicted octanol–water partition coefficient (Wildman–Crippen LogP) is -6.97. The van der Waals surface area contributed by atoms with Crippen LogP contribution in [0.4, 0.5) is 0 Å². The Balaban J connectivity index is -0.00000132. The van der Waals surface area contributed by atoms with E-state index in [4.69, 9.17) is 10.8 Å². The molecule has 0 aromatic carbocycles. The van der Waals surface area contributed by atoms with Crippen LogP contribution < -0.4 is 70.3 Å². The van der Waals surface area contributed by atoms with E-state index in [-0.39, 0.29) is 74.8 Å². The largest absolute Gasteiger partial charge is 1.00 e. The summed E-state index contributed by atoms with van der Waals surface area (Å²) in [5.41, 5.74) is 9.31. The second-order valence-corrected chi connectivity index (χ2v) is 4.72. The van der Waals surface area contributed by atoms with Gasteiger partial charge in [-0.15, -0.1) is 0 Å². The summed E-state index contributed by atoms with van der Waals surface area (Å²) in [7, 11) is 0. The number of nitrogens with one attached hydrogen (secondary N) is 2. The summed E-state index contributed by atoms with van der Waals surface area (Å²) in [5, 5.41) is 18.0. The minimum atomic E-state index is -1.12. The third kappa shape index (κ3) is 6.93. The van der Waals surface area contributed by atoms with Gasteiger partial charge in [0.2, 0.25) is 0 Å². The fourth-order valence-electron chi connectivity index (χ4n) is 1.84. The molecule has 2 aromatic heterocycles. The third-order valence-corrected chi connectivity index (χ3v) is 2.96. The van der Waals surface area contributed by atoms with E-state index in [1.807, 2.05) is 0 Å². The number of hydrogen-bond donors (Lipinski definition) is 5. The Kier molecular flexibility index (Phi) is 10.5. The number of hydrogen-bond acceptors (Lipinski definition) is 6. The molecule has 0 saturated carbocycles. The molecule has 2 atom stereocenters. The van der Waals surface area contributed by atoms with Crippen LogP contribution in [-0.4, -0.2) is 53.9 Å². The maximum absolute atomic E-state index is 11.3.